The van der Waals surface area contributed by atoms with Crippen molar-refractivity contribution in [1.29, 1.82) is 0 Å². The largest absolute Gasteiger partial charge is 0.396 e. The quantitative estimate of drug-likeness (QED) is 0.200. The third kappa shape index (κ3) is 18.2. The fraction of sp³-hybridized carbons (Fsp3) is 1.00. The summed E-state index contributed by atoms with van der Waals surface area (Å²) in [5.41, 5.74) is -0.462. The van der Waals surface area contributed by atoms with Gasteiger partial charge in [0.25, 0.3) is 0 Å². The van der Waals surface area contributed by atoms with Crippen LogP contribution in [0.5, 0.6) is 0 Å². The van der Waals surface area contributed by atoms with Crippen LogP contribution in [0.2, 0.25) is 0 Å². The van der Waals surface area contributed by atoms with Crippen LogP contribution in [0.3, 0.4) is 0 Å². The molecule has 0 saturated carbocycles. The van der Waals surface area contributed by atoms with E-state index < -0.39 is 5.41 Å². The Kier molecular flexibility index (Phi) is 22.1. The Bertz CT molecular complexity index is 286. The van der Waals surface area contributed by atoms with Gasteiger partial charge >= 0.3 is 0 Å². The molecule has 3 N–H and O–H groups in total. The number of aliphatic hydroxyl groups is 3. The zero-order chi connectivity index (χ0) is 21.5. The summed E-state index contributed by atoms with van der Waals surface area (Å²) in [6.07, 6.45) is 6.02. The third-order valence-corrected chi connectivity index (χ3v) is 4.36. The molecule has 0 amide bonds. The van der Waals surface area contributed by atoms with Crippen LogP contribution in [-0.4, -0.2) is 102 Å². The minimum atomic E-state index is -0.462. The molecule has 29 heavy (non-hydrogen) atoms. The average molecular weight is 425 g/mol. The number of hydrogen-bond acceptors (Lipinski definition) is 8. The van der Waals surface area contributed by atoms with E-state index in [-0.39, 0.29) is 19.8 Å². The Morgan fingerprint density at radius 1 is 0.483 bits per heavy atom. The summed E-state index contributed by atoms with van der Waals surface area (Å²) in [5, 5.41) is 26.9. The maximum absolute atomic E-state index is 8.97. The van der Waals surface area contributed by atoms with Gasteiger partial charge < -0.3 is 39.0 Å². The number of aliphatic hydroxyl groups excluding tert-OH is 3. The summed E-state index contributed by atoms with van der Waals surface area (Å²) in [4.78, 5) is 0. The van der Waals surface area contributed by atoms with Crippen molar-refractivity contribution in [1.82, 2.24) is 0 Å². The highest BCUT2D eigenvalue weighted by Crippen LogP contribution is 2.21. The van der Waals surface area contributed by atoms with Gasteiger partial charge in [-0.1, -0.05) is 12.8 Å². The summed E-state index contributed by atoms with van der Waals surface area (Å²) < 4.78 is 28.3. The first kappa shape index (κ1) is 28.7. The first-order chi connectivity index (χ1) is 14.2. The predicted octanol–water partition coefficient (Wildman–Crippen LogP) is 1.39. The molecule has 0 atom stereocenters. The molecule has 0 saturated heterocycles. The number of unbranched alkanes of at least 4 members (excludes halogenated alkanes) is 3. The number of rotatable bonds is 24. The van der Waals surface area contributed by atoms with Gasteiger partial charge in [-0.25, -0.2) is 0 Å². The van der Waals surface area contributed by atoms with Crippen LogP contribution in [0, 0.1) is 5.41 Å². The molecule has 0 rings (SSSR count). The minimum absolute atomic E-state index is 0.0899. The van der Waals surface area contributed by atoms with Gasteiger partial charge in [-0.3, -0.25) is 0 Å². The molecule has 8 nitrogen and oxygen atoms in total. The van der Waals surface area contributed by atoms with Crippen molar-refractivity contribution in [2.45, 2.75) is 44.9 Å². The van der Waals surface area contributed by atoms with Gasteiger partial charge in [0.2, 0.25) is 0 Å². The Morgan fingerprint density at radius 3 is 1.17 bits per heavy atom. The molecule has 0 aromatic rings. The number of ether oxygens (including phenoxy) is 5. The molecule has 0 aromatic carbocycles. The lowest BCUT2D eigenvalue weighted by Crippen LogP contribution is -2.42. The summed E-state index contributed by atoms with van der Waals surface area (Å²) in [6.45, 7) is 4.77. The molecule has 0 radical (unpaired) electrons. The molecular weight excluding hydrogens is 380 g/mol. The lowest BCUT2D eigenvalue weighted by molar-refractivity contribution is -0.109. The van der Waals surface area contributed by atoms with Crippen LogP contribution in [0.25, 0.3) is 0 Å². The van der Waals surface area contributed by atoms with Crippen LogP contribution in [0.15, 0.2) is 0 Å². The molecule has 0 heterocycles. The van der Waals surface area contributed by atoms with E-state index in [1.165, 1.54) is 0 Å². The van der Waals surface area contributed by atoms with Gasteiger partial charge in [0.1, 0.15) is 0 Å². The fourth-order valence-electron chi connectivity index (χ4n) is 2.71. The maximum atomic E-state index is 8.97. The molecule has 176 valence electrons. The van der Waals surface area contributed by atoms with Crippen molar-refractivity contribution in [3.8, 4) is 0 Å². The second-order valence-electron chi connectivity index (χ2n) is 7.35. The van der Waals surface area contributed by atoms with E-state index in [9.17, 15) is 0 Å². The molecule has 8 heteroatoms. The Labute approximate surface area is 176 Å². The first-order valence-corrected chi connectivity index (χ1v) is 10.9. The van der Waals surface area contributed by atoms with Crippen molar-refractivity contribution in [2.24, 2.45) is 5.41 Å². The zero-order valence-electron chi connectivity index (χ0n) is 18.3. The van der Waals surface area contributed by atoms with Crippen molar-refractivity contribution >= 4 is 0 Å². The normalized spacial score (nSPS) is 12.0. The number of methoxy groups -OCH3 is 1. The van der Waals surface area contributed by atoms with E-state index in [1.54, 1.807) is 7.11 Å². The van der Waals surface area contributed by atoms with Crippen LogP contribution >= 0.6 is 0 Å². The Morgan fingerprint density at radius 2 is 0.828 bits per heavy atom. The van der Waals surface area contributed by atoms with Gasteiger partial charge in [-0.05, 0) is 32.1 Å². The standard InChI is InChI=1S/C21H44O8/c1-25-12-4-2-3-5-13-26-17-21(18-27-14-6-9-22,19-28-15-7-10-23)20-29-16-8-11-24/h22-24H,2-20H2,1H3. The Hall–Kier alpha value is -0.320. The highest BCUT2D eigenvalue weighted by atomic mass is 16.5. The van der Waals surface area contributed by atoms with Crippen LogP contribution in [-0.2, 0) is 23.7 Å². The predicted molar refractivity (Wildman–Crippen MR) is 111 cm³/mol. The summed E-state index contributed by atoms with van der Waals surface area (Å²) >= 11 is 0. The van der Waals surface area contributed by atoms with Gasteiger partial charge in [0, 0.05) is 60.0 Å². The van der Waals surface area contributed by atoms with E-state index >= 15 is 0 Å². The van der Waals surface area contributed by atoms with Crippen LogP contribution in [0.1, 0.15) is 44.9 Å². The first-order valence-electron chi connectivity index (χ1n) is 10.9. The van der Waals surface area contributed by atoms with E-state index in [2.05, 4.69) is 0 Å². The monoisotopic (exact) mass is 424 g/mol. The smallest absolute Gasteiger partial charge is 0.0637 e. The van der Waals surface area contributed by atoms with Crippen molar-refractivity contribution in [3.63, 3.8) is 0 Å². The highest BCUT2D eigenvalue weighted by molar-refractivity contribution is 4.79. The average Bonchev–Trinajstić information content (AvgIpc) is 2.73. The van der Waals surface area contributed by atoms with Crippen molar-refractivity contribution < 1.29 is 39.0 Å². The lowest BCUT2D eigenvalue weighted by Gasteiger charge is -2.33. The SMILES string of the molecule is COCCCCCCOCC(COCCCO)(COCCCO)COCCCO. The molecule has 0 spiro atoms. The molecule has 0 aromatic heterocycles. The third-order valence-electron chi connectivity index (χ3n) is 4.36. The van der Waals surface area contributed by atoms with Crippen molar-refractivity contribution in [3.05, 3.63) is 0 Å². The van der Waals surface area contributed by atoms with Crippen molar-refractivity contribution in [2.75, 3.05) is 86.4 Å². The maximum Gasteiger partial charge on any atom is 0.0637 e. The molecule has 0 bridgehead atoms. The molecule has 0 aliphatic heterocycles. The fourth-order valence-corrected chi connectivity index (χ4v) is 2.71. The molecule has 0 fully saturated rings. The van der Waals surface area contributed by atoms with Crippen LogP contribution < -0.4 is 0 Å². The topological polar surface area (TPSA) is 107 Å². The molecular formula is C21H44O8. The van der Waals surface area contributed by atoms with Crippen LogP contribution in [0.4, 0.5) is 0 Å². The van der Waals surface area contributed by atoms with Gasteiger partial charge in [-0.15, -0.1) is 0 Å². The molecule has 0 aliphatic rings. The second kappa shape index (κ2) is 22.4. The number of hydrogen-bond donors (Lipinski definition) is 3. The Balaban J connectivity index is 4.54. The minimum Gasteiger partial charge on any atom is -0.396 e. The summed E-state index contributed by atoms with van der Waals surface area (Å²) in [5.74, 6) is 0. The summed E-state index contributed by atoms with van der Waals surface area (Å²) in [7, 11) is 1.72. The van der Waals surface area contributed by atoms with Gasteiger partial charge in [0.05, 0.1) is 31.8 Å². The lowest BCUT2D eigenvalue weighted by atomic mass is 9.92. The molecule has 0 unspecified atom stereocenters. The van der Waals surface area contributed by atoms with Gasteiger partial charge in [0.15, 0.2) is 0 Å². The molecule has 0 aliphatic carbocycles. The second-order valence-corrected chi connectivity index (χ2v) is 7.35. The zero-order valence-corrected chi connectivity index (χ0v) is 18.3. The van der Waals surface area contributed by atoms with E-state index in [0.717, 1.165) is 32.3 Å². The van der Waals surface area contributed by atoms with Gasteiger partial charge in [-0.2, -0.15) is 0 Å². The highest BCUT2D eigenvalue weighted by Gasteiger charge is 2.32. The van der Waals surface area contributed by atoms with E-state index in [4.69, 9.17) is 39.0 Å². The van der Waals surface area contributed by atoms with E-state index in [1.807, 2.05) is 0 Å². The summed E-state index contributed by atoms with van der Waals surface area (Å²) in [6, 6.07) is 0. The van der Waals surface area contributed by atoms with E-state index in [0.29, 0.717) is 72.1 Å².